The number of hydrogen-bond donors (Lipinski definition) is 1. The summed E-state index contributed by atoms with van der Waals surface area (Å²) in [7, 11) is 0. The minimum Gasteiger partial charge on any atom is -0.336 e. The van der Waals surface area contributed by atoms with Crippen molar-refractivity contribution < 1.29 is 4.79 Å². The van der Waals surface area contributed by atoms with Gasteiger partial charge in [0.15, 0.2) is 0 Å². The maximum Gasteiger partial charge on any atom is 0.272 e. The quantitative estimate of drug-likeness (QED) is 0.904. The maximum atomic E-state index is 12.4. The second-order valence-electron chi connectivity index (χ2n) is 5.10. The van der Waals surface area contributed by atoms with Gasteiger partial charge in [-0.15, -0.1) is 0 Å². The molecular weight excluding hydrogens is 250 g/mol. The Morgan fingerprint density at radius 3 is 2.70 bits per heavy atom. The van der Waals surface area contributed by atoms with Crippen molar-refractivity contribution in [3.8, 4) is 11.1 Å². The van der Waals surface area contributed by atoms with Crippen LogP contribution in [0.25, 0.3) is 11.1 Å². The molecule has 1 fully saturated rings. The smallest absolute Gasteiger partial charge is 0.272 e. The van der Waals surface area contributed by atoms with Gasteiger partial charge >= 0.3 is 0 Å². The summed E-state index contributed by atoms with van der Waals surface area (Å²) in [4.78, 5) is 18.4. The third-order valence-corrected chi connectivity index (χ3v) is 3.60. The standard InChI is InChI=1S/C16H17N3O/c17-14-7-9-19(11-14)16(20)15-10-13(6-8-18-15)12-4-2-1-3-5-12/h1-6,8,10,14H,7,9,11,17H2. The molecule has 4 nitrogen and oxygen atoms in total. The number of nitrogens with zero attached hydrogens (tertiary/aromatic N) is 2. The van der Waals surface area contributed by atoms with Gasteiger partial charge in [-0.05, 0) is 29.7 Å². The van der Waals surface area contributed by atoms with E-state index in [1.54, 1.807) is 11.1 Å². The second-order valence-corrected chi connectivity index (χ2v) is 5.10. The topological polar surface area (TPSA) is 59.2 Å². The van der Waals surface area contributed by atoms with Crippen LogP contribution < -0.4 is 5.73 Å². The van der Waals surface area contributed by atoms with Gasteiger partial charge < -0.3 is 10.6 Å². The van der Waals surface area contributed by atoms with E-state index in [1.807, 2.05) is 42.5 Å². The van der Waals surface area contributed by atoms with E-state index in [0.29, 0.717) is 12.2 Å². The molecular formula is C16H17N3O. The summed E-state index contributed by atoms with van der Waals surface area (Å²) in [6, 6.07) is 13.8. The second kappa shape index (κ2) is 5.43. The van der Waals surface area contributed by atoms with Gasteiger partial charge in [0.2, 0.25) is 0 Å². The number of rotatable bonds is 2. The number of benzene rings is 1. The Morgan fingerprint density at radius 2 is 2.00 bits per heavy atom. The number of hydrogen-bond acceptors (Lipinski definition) is 3. The summed E-state index contributed by atoms with van der Waals surface area (Å²) in [6.07, 6.45) is 2.55. The largest absolute Gasteiger partial charge is 0.336 e. The Bertz CT molecular complexity index is 612. The first-order valence-corrected chi connectivity index (χ1v) is 6.80. The van der Waals surface area contributed by atoms with Crippen molar-refractivity contribution in [2.45, 2.75) is 12.5 Å². The molecule has 0 spiro atoms. The van der Waals surface area contributed by atoms with Gasteiger partial charge in [-0.2, -0.15) is 0 Å². The highest BCUT2D eigenvalue weighted by atomic mass is 16.2. The first-order chi connectivity index (χ1) is 9.74. The lowest BCUT2D eigenvalue weighted by molar-refractivity contribution is 0.0785. The molecule has 2 heterocycles. The lowest BCUT2D eigenvalue weighted by atomic mass is 10.1. The van der Waals surface area contributed by atoms with Gasteiger partial charge in [0.25, 0.3) is 5.91 Å². The molecule has 0 bridgehead atoms. The number of pyridine rings is 1. The zero-order valence-corrected chi connectivity index (χ0v) is 11.2. The Labute approximate surface area is 118 Å². The third kappa shape index (κ3) is 2.56. The van der Waals surface area contributed by atoms with E-state index in [0.717, 1.165) is 24.1 Å². The molecule has 20 heavy (non-hydrogen) atoms. The molecule has 2 aromatic rings. The average molecular weight is 267 g/mol. The molecule has 2 N–H and O–H groups in total. The Hall–Kier alpha value is -2.20. The summed E-state index contributed by atoms with van der Waals surface area (Å²) < 4.78 is 0. The summed E-state index contributed by atoms with van der Waals surface area (Å²) in [5.74, 6) is -0.0317. The van der Waals surface area contributed by atoms with E-state index < -0.39 is 0 Å². The van der Waals surface area contributed by atoms with Gasteiger partial charge in [-0.3, -0.25) is 9.78 Å². The fourth-order valence-electron chi connectivity index (χ4n) is 2.49. The van der Waals surface area contributed by atoms with Crippen molar-refractivity contribution in [1.82, 2.24) is 9.88 Å². The molecule has 1 aromatic heterocycles. The predicted octanol–water partition coefficient (Wildman–Crippen LogP) is 1.92. The van der Waals surface area contributed by atoms with Crippen LogP contribution >= 0.6 is 0 Å². The number of likely N-dealkylation sites (tertiary alicyclic amines) is 1. The third-order valence-electron chi connectivity index (χ3n) is 3.60. The molecule has 1 aromatic carbocycles. The Morgan fingerprint density at radius 1 is 1.20 bits per heavy atom. The lowest BCUT2D eigenvalue weighted by Crippen LogP contribution is -2.32. The van der Waals surface area contributed by atoms with Crippen LogP contribution in [0.3, 0.4) is 0 Å². The summed E-state index contributed by atoms with van der Waals surface area (Å²) in [6.45, 7) is 1.34. The molecule has 1 aliphatic rings. The van der Waals surface area contributed by atoms with Crippen LogP contribution in [0.2, 0.25) is 0 Å². The van der Waals surface area contributed by atoms with Crippen molar-refractivity contribution in [3.63, 3.8) is 0 Å². The minimum absolute atomic E-state index is 0.0317. The van der Waals surface area contributed by atoms with Crippen LogP contribution in [-0.2, 0) is 0 Å². The molecule has 1 amide bonds. The molecule has 0 saturated carbocycles. The highest BCUT2D eigenvalue weighted by Crippen LogP contribution is 2.20. The lowest BCUT2D eigenvalue weighted by Gasteiger charge is -2.15. The summed E-state index contributed by atoms with van der Waals surface area (Å²) >= 11 is 0. The Kier molecular flexibility index (Phi) is 3.48. The molecule has 1 unspecified atom stereocenters. The summed E-state index contributed by atoms with van der Waals surface area (Å²) in [5, 5.41) is 0. The van der Waals surface area contributed by atoms with Crippen LogP contribution in [-0.4, -0.2) is 34.9 Å². The monoisotopic (exact) mass is 267 g/mol. The number of aromatic nitrogens is 1. The molecule has 1 aliphatic heterocycles. The predicted molar refractivity (Wildman–Crippen MR) is 78.2 cm³/mol. The normalized spacial score (nSPS) is 18.2. The van der Waals surface area contributed by atoms with Gasteiger partial charge in [0.1, 0.15) is 5.69 Å². The van der Waals surface area contributed by atoms with E-state index in [4.69, 9.17) is 5.73 Å². The fourth-order valence-corrected chi connectivity index (χ4v) is 2.49. The van der Waals surface area contributed by atoms with E-state index in [1.165, 1.54) is 0 Å². The van der Waals surface area contributed by atoms with Crippen LogP contribution in [0.4, 0.5) is 0 Å². The summed E-state index contributed by atoms with van der Waals surface area (Å²) in [5.41, 5.74) is 8.43. The van der Waals surface area contributed by atoms with Crippen molar-refractivity contribution in [1.29, 1.82) is 0 Å². The molecule has 1 saturated heterocycles. The fraction of sp³-hybridized carbons (Fsp3) is 0.250. The highest BCUT2D eigenvalue weighted by Gasteiger charge is 2.25. The number of carbonyl (C=O) groups is 1. The van der Waals surface area contributed by atoms with E-state index in [2.05, 4.69) is 4.98 Å². The van der Waals surface area contributed by atoms with Crippen molar-refractivity contribution in [3.05, 3.63) is 54.4 Å². The van der Waals surface area contributed by atoms with Crippen molar-refractivity contribution in [2.24, 2.45) is 5.73 Å². The van der Waals surface area contributed by atoms with Gasteiger partial charge in [0, 0.05) is 25.3 Å². The van der Waals surface area contributed by atoms with Crippen LogP contribution in [0.1, 0.15) is 16.9 Å². The van der Waals surface area contributed by atoms with Gasteiger partial charge in [-0.1, -0.05) is 30.3 Å². The zero-order valence-electron chi connectivity index (χ0n) is 11.2. The zero-order chi connectivity index (χ0) is 13.9. The molecule has 1 atom stereocenters. The van der Waals surface area contributed by atoms with E-state index in [-0.39, 0.29) is 11.9 Å². The molecule has 4 heteroatoms. The number of nitrogens with two attached hydrogens (primary N) is 1. The minimum atomic E-state index is -0.0317. The first kappa shape index (κ1) is 12.8. The van der Waals surface area contributed by atoms with E-state index >= 15 is 0 Å². The van der Waals surface area contributed by atoms with Crippen molar-refractivity contribution in [2.75, 3.05) is 13.1 Å². The molecule has 0 aliphatic carbocycles. The van der Waals surface area contributed by atoms with Crippen molar-refractivity contribution >= 4 is 5.91 Å². The number of amides is 1. The molecule has 0 radical (unpaired) electrons. The van der Waals surface area contributed by atoms with Crippen LogP contribution in [0, 0.1) is 0 Å². The highest BCUT2D eigenvalue weighted by molar-refractivity contribution is 5.93. The van der Waals surface area contributed by atoms with Crippen LogP contribution in [0.5, 0.6) is 0 Å². The number of carbonyl (C=O) groups excluding carboxylic acids is 1. The Balaban J connectivity index is 1.86. The average Bonchev–Trinajstić information content (AvgIpc) is 2.94. The first-order valence-electron chi connectivity index (χ1n) is 6.80. The van der Waals surface area contributed by atoms with Gasteiger partial charge in [0.05, 0.1) is 0 Å². The van der Waals surface area contributed by atoms with E-state index in [9.17, 15) is 4.79 Å². The van der Waals surface area contributed by atoms with Crippen LogP contribution in [0.15, 0.2) is 48.7 Å². The molecule has 3 rings (SSSR count). The maximum absolute atomic E-state index is 12.4. The SMILES string of the molecule is NC1CCN(C(=O)c2cc(-c3ccccc3)ccn2)C1. The molecule has 102 valence electrons. The van der Waals surface area contributed by atoms with Gasteiger partial charge in [-0.25, -0.2) is 0 Å².